The number of carbonyl (C=O) groups excluding carboxylic acids is 1. The van der Waals surface area contributed by atoms with Crippen molar-refractivity contribution in [3.63, 3.8) is 0 Å². The second-order valence-electron chi connectivity index (χ2n) is 7.42. The molecule has 1 heterocycles. The van der Waals surface area contributed by atoms with Crippen LogP contribution >= 0.6 is 15.9 Å². The van der Waals surface area contributed by atoms with Crippen molar-refractivity contribution < 1.29 is 4.79 Å². The van der Waals surface area contributed by atoms with Gasteiger partial charge in [0.25, 0.3) is 11.5 Å². The molecule has 0 saturated carbocycles. The second-order valence-corrected chi connectivity index (χ2v) is 8.28. The number of anilines is 1. The molecule has 1 amide bonds. The first-order valence-electron chi connectivity index (χ1n) is 9.68. The van der Waals surface area contributed by atoms with Crippen molar-refractivity contribution in [2.75, 3.05) is 4.90 Å². The number of aromatic nitrogens is 1. The van der Waals surface area contributed by atoms with E-state index in [4.69, 9.17) is 0 Å². The number of H-pyrrole nitrogens is 1. The van der Waals surface area contributed by atoms with E-state index in [1.807, 2.05) is 80.6 Å². The summed E-state index contributed by atoms with van der Waals surface area (Å²) in [6.45, 7) is 4.16. The first-order valence-corrected chi connectivity index (χ1v) is 10.5. The van der Waals surface area contributed by atoms with Crippen LogP contribution in [0.1, 0.15) is 27.0 Å². The Balaban J connectivity index is 1.79. The van der Waals surface area contributed by atoms with Gasteiger partial charge in [0.2, 0.25) is 0 Å². The topological polar surface area (TPSA) is 53.2 Å². The number of benzene rings is 3. The summed E-state index contributed by atoms with van der Waals surface area (Å²) in [6, 6.07) is 22.9. The lowest BCUT2D eigenvalue weighted by Crippen LogP contribution is -2.33. The van der Waals surface area contributed by atoms with Crippen molar-refractivity contribution in [2.24, 2.45) is 0 Å². The van der Waals surface area contributed by atoms with Crippen molar-refractivity contribution in [1.29, 1.82) is 0 Å². The highest BCUT2D eigenvalue weighted by atomic mass is 79.9. The Kier molecular flexibility index (Phi) is 5.55. The largest absolute Gasteiger partial charge is 0.322 e. The quantitative estimate of drug-likeness (QED) is 0.421. The molecule has 1 N–H and O–H groups in total. The number of halogens is 1. The van der Waals surface area contributed by atoms with Gasteiger partial charge in [0, 0.05) is 21.2 Å². The standard InChI is InChI=1S/C25H21BrN2O2/c1-16-8-11-20(12-9-16)28(25(30)21-5-3-4-6-22(21)26)15-19-14-18-10-7-17(2)13-23(18)27-24(19)29/h3-14H,15H2,1-2H3,(H,27,29). The zero-order valence-corrected chi connectivity index (χ0v) is 18.4. The van der Waals surface area contributed by atoms with E-state index >= 15 is 0 Å². The third-order valence-corrected chi connectivity index (χ3v) is 5.79. The molecule has 5 heteroatoms. The molecule has 3 aromatic carbocycles. The van der Waals surface area contributed by atoms with Crippen LogP contribution in [-0.4, -0.2) is 10.9 Å². The molecule has 0 radical (unpaired) electrons. The number of carbonyl (C=O) groups is 1. The highest BCUT2D eigenvalue weighted by Gasteiger charge is 2.21. The lowest BCUT2D eigenvalue weighted by Gasteiger charge is -2.24. The van der Waals surface area contributed by atoms with Gasteiger partial charge < -0.3 is 9.88 Å². The number of hydrogen-bond donors (Lipinski definition) is 1. The summed E-state index contributed by atoms with van der Waals surface area (Å²) in [4.78, 5) is 30.8. The fourth-order valence-corrected chi connectivity index (χ4v) is 3.89. The monoisotopic (exact) mass is 460 g/mol. The number of aryl methyl sites for hydroxylation is 2. The summed E-state index contributed by atoms with van der Waals surface area (Å²) in [5.74, 6) is -0.172. The van der Waals surface area contributed by atoms with E-state index in [0.29, 0.717) is 11.1 Å². The zero-order chi connectivity index (χ0) is 21.3. The molecular weight excluding hydrogens is 440 g/mol. The molecule has 0 aliphatic rings. The number of aromatic amines is 1. The van der Waals surface area contributed by atoms with Crippen molar-refractivity contribution in [1.82, 2.24) is 4.98 Å². The van der Waals surface area contributed by atoms with E-state index in [9.17, 15) is 9.59 Å². The Morgan fingerprint density at radius 2 is 1.63 bits per heavy atom. The minimum atomic E-state index is -0.190. The van der Waals surface area contributed by atoms with Crippen molar-refractivity contribution in [2.45, 2.75) is 20.4 Å². The van der Waals surface area contributed by atoms with Crippen LogP contribution in [0.15, 0.2) is 82.1 Å². The molecule has 0 atom stereocenters. The number of nitrogens with zero attached hydrogens (tertiary/aromatic N) is 1. The summed E-state index contributed by atoms with van der Waals surface area (Å²) < 4.78 is 0.718. The zero-order valence-electron chi connectivity index (χ0n) is 16.8. The SMILES string of the molecule is Cc1ccc(N(Cc2cc3ccc(C)cc3[nH]c2=O)C(=O)c2ccccc2Br)cc1. The molecular formula is C25H21BrN2O2. The molecule has 4 nitrogen and oxygen atoms in total. The van der Waals surface area contributed by atoms with Gasteiger partial charge in [-0.15, -0.1) is 0 Å². The van der Waals surface area contributed by atoms with E-state index in [1.54, 1.807) is 11.0 Å². The first kappa shape index (κ1) is 20.1. The smallest absolute Gasteiger partial charge is 0.259 e. The van der Waals surface area contributed by atoms with E-state index in [1.165, 1.54) is 0 Å². The number of nitrogens with one attached hydrogen (secondary N) is 1. The van der Waals surface area contributed by atoms with Crippen molar-refractivity contribution in [3.8, 4) is 0 Å². The Bertz CT molecular complexity index is 1290. The number of rotatable bonds is 4. The summed E-state index contributed by atoms with van der Waals surface area (Å²) in [5.41, 5.74) is 4.61. The third-order valence-electron chi connectivity index (χ3n) is 5.10. The van der Waals surface area contributed by atoms with Crippen LogP contribution in [0.4, 0.5) is 5.69 Å². The van der Waals surface area contributed by atoms with Gasteiger partial charge in [0.1, 0.15) is 0 Å². The Morgan fingerprint density at radius 3 is 2.37 bits per heavy atom. The average Bonchev–Trinajstić information content (AvgIpc) is 2.73. The second kappa shape index (κ2) is 8.28. The summed E-state index contributed by atoms with van der Waals surface area (Å²) in [5, 5.41) is 0.937. The molecule has 0 aliphatic heterocycles. The van der Waals surface area contributed by atoms with Crippen LogP contribution in [-0.2, 0) is 6.54 Å². The van der Waals surface area contributed by atoms with Gasteiger partial charge in [0.15, 0.2) is 0 Å². The fraction of sp³-hybridized carbons (Fsp3) is 0.120. The van der Waals surface area contributed by atoms with Gasteiger partial charge in [-0.25, -0.2) is 0 Å². The van der Waals surface area contributed by atoms with E-state index in [-0.39, 0.29) is 18.0 Å². The van der Waals surface area contributed by atoms with Crippen LogP contribution in [0.3, 0.4) is 0 Å². The van der Waals surface area contributed by atoms with E-state index in [0.717, 1.165) is 32.2 Å². The Labute approximate surface area is 183 Å². The van der Waals surface area contributed by atoms with E-state index < -0.39 is 0 Å². The van der Waals surface area contributed by atoms with Crippen molar-refractivity contribution >= 4 is 38.4 Å². The summed E-state index contributed by atoms with van der Waals surface area (Å²) >= 11 is 3.47. The highest BCUT2D eigenvalue weighted by Crippen LogP contribution is 2.24. The molecule has 0 unspecified atom stereocenters. The summed E-state index contributed by atoms with van der Waals surface area (Å²) in [6.07, 6.45) is 0. The van der Waals surface area contributed by atoms with Gasteiger partial charge in [-0.3, -0.25) is 9.59 Å². The Morgan fingerprint density at radius 1 is 0.933 bits per heavy atom. The third kappa shape index (κ3) is 4.07. The van der Waals surface area contributed by atoms with Crippen LogP contribution in [0.25, 0.3) is 10.9 Å². The molecule has 0 aliphatic carbocycles. The van der Waals surface area contributed by atoms with Crippen LogP contribution in [0, 0.1) is 13.8 Å². The number of pyridine rings is 1. The molecule has 1 aromatic heterocycles. The fourth-order valence-electron chi connectivity index (χ4n) is 3.43. The van der Waals surface area contributed by atoms with Crippen LogP contribution in [0.5, 0.6) is 0 Å². The molecule has 0 bridgehead atoms. The number of fused-ring (bicyclic) bond motifs is 1. The molecule has 0 fully saturated rings. The van der Waals surface area contributed by atoms with Gasteiger partial charge in [-0.2, -0.15) is 0 Å². The molecule has 0 spiro atoms. The molecule has 30 heavy (non-hydrogen) atoms. The summed E-state index contributed by atoms with van der Waals surface area (Å²) in [7, 11) is 0. The maximum absolute atomic E-state index is 13.5. The minimum Gasteiger partial charge on any atom is -0.322 e. The average molecular weight is 461 g/mol. The van der Waals surface area contributed by atoms with Gasteiger partial charge >= 0.3 is 0 Å². The maximum atomic E-state index is 13.5. The highest BCUT2D eigenvalue weighted by molar-refractivity contribution is 9.10. The lowest BCUT2D eigenvalue weighted by atomic mass is 10.1. The lowest BCUT2D eigenvalue weighted by molar-refractivity contribution is 0.0984. The first-order chi connectivity index (χ1) is 14.4. The molecule has 4 aromatic rings. The van der Waals surface area contributed by atoms with Crippen LogP contribution in [0.2, 0.25) is 0 Å². The normalized spacial score (nSPS) is 10.9. The number of amides is 1. The van der Waals surface area contributed by atoms with Crippen molar-refractivity contribution in [3.05, 3.63) is 110 Å². The Hall–Kier alpha value is -3.18. The minimum absolute atomic E-state index is 0.169. The predicted molar refractivity (Wildman–Crippen MR) is 125 cm³/mol. The van der Waals surface area contributed by atoms with E-state index in [2.05, 4.69) is 20.9 Å². The van der Waals surface area contributed by atoms with Gasteiger partial charge in [0.05, 0.1) is 12.1 Å². The van der Waals surface area contributed by atoms with Gasteiger partial charge in [-0.1, -0.05) is 42.0 Å². The maximum Gasteiger partial charge on any atom is 0.259 e. The van der Waals surface area contributed by atoms with Crippen LogP contribution < -0.4 is 10.5 Å². The molecule has 0 saturated heterocycles. The number of hydrogen-bond acceptors (Lipinski definition) is 2. The predicted octanol–water partition coefficient (Wildman–Crippen LogP) is 5.75. The molecule has 150 valence electrons. The van der Waals surface area contributed by atoms with Gasteiger partial charge in [-0.05, 0) is 77.1 Å². The molecule has 4 rings (SSSR count).